The first-order valence-electron chi connectivity index (χ1n) is 6.84. The van der Waals surface area contributed by atoms with Gasteiger partial charge >= 0.3 is 0 Å². The summed E-state index contributed by atoms with van der Waals surface area (Å²) in [5, 5.41) is 14.3. The number of aryl methyl sites for hydroxylation is 1. The molecule has 0 aromatic heterocycles. The van der Waals surface area contributed by atoms with Crippen LogP contribution in [0.3, 0.4) is 0 Å². The minimum absolute atomic E-state index is 0.0150. The lowest BCUT2D eigenvalue weighted by Gasteiger charge is -2.34. The van der Waals surface area contributed by atoms with Crippen LogP contribution in [0.4, 0.5) is 0 Å². The highest BCUT2D eigenvalue weighted by Gasteiger charge is 2.38. The van der Waals surface area contributed by atoms with E-state index in [1.807, 2.05) is 19.1 Å². The molecule has 1 aromatic carbocycles. The van der Waals surface area contributed by atoms with Crippen LogP contribution in [0.2, 0.25) is 0 Å². The van der Waals surface area contributed by atoms with E-state index in [9.17, 15) is 9.90 Å². The van der Waals surface area contributed by atoms with Crippen molar-refractivity contribution in [2.45, 2.75) is 32.6 Å². The number of phenols is 1. The summed E-state index contributed by atoms with van der Waals surface area (Å²) in [6.45, 7) is 1.99. The summed E-state index contributed by atoms with van der Waals surface area (Å²) >= 11 is 0. The van der Waals surface area contributed by atoms with Gasteiger partial charge in [-0.05, 0) is 31.9 Å². The quantitative estimate of drug-likeness (QED) is 0.812. The molecule has 0 saturated heterocycles. The number of rotatable bonds is 1. The molecule has 4 heteroatoms. The van der Waals surface area contributed by atoms with Crippen LogP contribution in [0.1, 0.15) is 36.8 Å². The third-order valence-corrected chi connectivity index (χ3v) is 4.17. The summed E-state index contributed by atoms with van der Waals surface area (Å²) in [5.41, 5.74) is 5.30. The number of fused-ring (bicyclic) bond motifs is 1. The van der Waals surface area contributed by atoms with E-state index >= 15 is 0 Å². The SMILES string of the molecule is Cc1ccc(O)c(C2=NNC(=O)[C@@H]3CCCC[C@@H]23)c1. The highest BCUT2D eigenvalue weighted by atomic mass is 16.3. The number of hydrazone groups is 1. The number of hydrogen-bond donors (Lipinski definition) is 2. The van der Waals surface area contributed by atoms with Crippen LogP contribution in [-0.2, 0) is 4.79 Å². The lowest BCUT2D eigenvalue weighted by molar-refractivity contribution is -0.127. The molecule has 100 valence electrons. The molecule has 0 unspecified atom stereocenters. The molecule has 1 aliphatic carbocycles. The Morgan fingerprint density at radius 2 is 2.00 bits per heavy atom. The van der Waals surface area contributed by atoms with Crippen molar-refractivity contribution >= 4 is 11.6 Å². The molecule has 1 fully saturated rings. The van der Waals surface area contributed by atoms with Gasteiger partial charge in [-0.3, -0.25) is 4.79 Å². The van der Waals surface area contributed by atoms with E-state index < -0.39 is 0 Å². The normalized spacial score (nSPS) is 26.4. The third-order valence-electron chi connectivity index (χ3n) is 4.17. The van der Waals surface area contributed by atoms with Crippen molar-refractivity contribution in [3.8, 4) is 5.75 Å². The molecular formula is C15H18N2O2. The van der Waals surface area contributed by atoms with Crippen molar-refractivity contribution in [3.05, 3.63) is 29.3 Å². The number of aromatic hydroxyl groups is 1. The maximum atomic E-state index is 11.9. The Kier molecular flexibility index (Phi) is 3.01. The largest absolute Gasteiger partial charge is 0.507 e. The maximum absolute atomic E-state index is 11.9. The number of carbonyl (C=O) groups is 1. The number of amides is 1. The lowest BCUT2D eigenvalue weighted by atomic mass is 9.73. The average Bonchev–Trinajstić information content (AvgIpc) is 2.43. The lowest BCUT2D eigenvalue weighted by Crippen LogP contribution is -2.43. The first-order valence-corrected chi connectivity index (χ1v) is 6.84. The van der Waals surface area contributed by atoms with Crippen LogP contribution in [0, 0.1) is 18.8 Å². The van der Waals surface area contributed by atoms with E-state index in [1.165, 1.54) is 0 Å². The summed E-state index contributed by atoms with van der Waals surface area (Å²) in [5.74, 6) is 0.432. The van der Waals surface area contributed by atoms with Gasteiger partial charge in [0.1, 0.15) is 5.75 Å². The Balaban J connectivity index is 2.03. The molecule has 1 saturated carbocycles. The predicted octanol–water partition coefficient (Wildman–Crippen LogP) is 2.34. The van der Waals surface area contributed by atoms with Gasteiger partial charge in [0.05, 0.1) is 5.71 Å². The second-order valence-corrected chi connectivity index (χ2v) is 5.49. The number of hydrogen-bond acceptors (Lipinski definition) is 3. The van der Waals surface area contributed by atoms with Gasteiger partial charge in [-0.15, -0.1) is 0 Å². The summed E-state index contributed by atoms with van der Waals surface area (Å²) in [6, 6.07) is 5.51. The van der Waals surface area contributed by atoms with Crippen molar-refractivity contribution in [3.63, 3.8) is 0 Å². The summed E-state index contributed by atoms with van der Waals surface area (Å²) in [6.07, 6.45) is 4.12. The van der Waals surface area contributed by atoms with E-state index in [0.29, 0.717) is 0 Å². The number of carbonyl (C=O) groups excluding carboxylic acids is 1. The van der Waals surface area contributed by atoms with E-state index in [0.717, 1.165) is 42.5 Å². The second kappa shape index (κ2) is 4.68. The maximum Gasteiger partial charge on any atom is 0.243 e. The van der Waals surface area contributed by atoms with Crippen LogP contribution in [0.15, 0.2) is 23.3 Å². The Hall–Kier alpha value is -1.84. The monoisotopic (exact) mass is 258 g/mol. The third kappa shape index (κ3) is 2.11. The summed E-state index contributed by atoms with van der Waals surface area (Å²) in [7, 11) is 0. The molecule has 4 nitrogen and oxygen atoms in total. The molecule has 2 N–H and O–H groups in total. The second-order valence-electron chi connectivity index (χ2n) is 5.49. The molecule has 19 heavy (non-hydrogen) atoms. The average molecular weight is 258 g/mol. The van der Waals surface area contributed by atoms with Gasteiger partial charge in [0, 0.05) is 17.4 Å². The molecular weight excluding hydrogens is 240 g/mol. The highest BCUT2D eigenvalue weighted by molar-refractivity contribution is 6.08. The molecule has 2 atom stereocenters. The molecule has 1 aliphatic heterocycles. The van der Waals surface area contributed by atoms with Crippen molar-refractivity contribution in [1.82, 2.24) is 5.43 Å². The zero-order chi connectivity index (χ0) is 13.4. The van der Waals surface area contributed by atoms with Crippen molar-refractivity contribution in [2.75, 3.05) is 0 Å². The highest BCUT2D eigenvalue weighted by Crippen LogP contribution is 2.36. The van der Waals surface area contributed by atoms with Crippen molar-refractivity contribution in [1.29, 1.82) is 0 Å². The van der Waals surface area contributed by atoms with E-state index in [4.69, 9.17) is 0 Å². The fraction of sp³-hybridized carbons (Fsp3) is 0.467. The minimum atomic E-state index is 0.0150. The van der Waals surface area contributed by atoms with Crippen LogP contribution in [0.5, 0.6) is 5.75 Å². The van der Waals surface area contributed by atoms with Gasteiger partial charge < -0.3 is 5.11 Å². The van der Waals surface area contributed by atoms with E-state index in [-0.39, 0.29) is 23.5 Å². The van der Waals surface area contributed by atoms with Crippen molar-refractivity contribution in [2.24, 2.45) is 16.9 Å². The van der Waals surface area contributed by atoms with Gasteiger partial charge in [0.25, 0.3) is 0 Å². The van der Waals surface area contributed by atoms with Gasteiger partial charge in [0.15, 0.2) is 0 Å². The van der Waals surface area contributed by atoms with Gasteiger partial charge in [-0.25, -0.2) is 5.43 Å². The first-order chi connectivity index (χ1) is 9.16. The zero-order valence-electron chi connectivity index (χ0n) is 11.0. The summed E-state index contributed by atoms with van der Waals surface area (Å²) < 4.78 is 0. The van der Waals surface area contributed by atoms with Gasteiger partial charge in [-0.2, -0.15) is 5.10 Å². The fourth-order valence-electron chi connectivity index (χ4n) is 3.17. The Morgan fingerprint density at radius 1 is 1.26 bits per heavy atom. The van der Waals surface area contributed by atoms with E-state index in [2.05, 4.69) is 10.5 Å². The first kappa shape index (κ1) is 12.2. The van der Waals surface area contributed by atoms with Crippen molar-refractivity contribution < 1.29 is 9.90 Å². The predicted molar refractivity (Wildman–Crippen MR) is 73.0 cm³/mol. The number of phenolic OH excluding ortho intramolecular Hbond substituents is 1. The Bertz CT molecular complexity index is 551. The number of benzene rings is 1. The molecule has 2 aliphatic rings. The molecule has 0 bridgehead atoms. The molecule has 1 heterocycles. The van der Waals surface area contributed by atoms with Gasteiger partial charge in [-0.1, -0.05) is 24.5 Å². The van der Waals surface area contributed by atoms with Gasteiger partial charge in [0.2, 0.25) is 5.91 Å². The van der Waals surface area contributed by atoms with Crippen LogP contribution < -0.4 is 5.43 Å². The number of nitrogens with one attached hydrogen (secondary N) is 1. The van der Waals surface area contributed by atoms with Crippen LogP contribution in [0.25, 0.3) is 0 Å². The van der Waals surface area contributed by atoms with Crippen LogP contribution in [-0.4, -0.2) is 16.7 Å². The molecule has 0 spiro atoms. The molecule has 1 amide bonds. The fourth-order valence-corrected chi connectivity index (χ4v) is 3.17. The topological polar surface area (TPSA) is 61.7 Å². The Morgan fingerprint density at radius 3 is 2.79 bits per heavy atom. The molecule has 0 radical (unpaired) electrons. The molecule has 3 rings (SSSR count). The van der Waals surface area contributed by atoms with E-state index in [1.54, 1.807) is 6.07 Å². The Labute approximate surface area is 112 Å². The van der Waals surface area contributed by atoms with Crippen LogP contribution >= 0.6 is 0 Å². The smallest absolute Gasteiger partial charge is 0.243 e. The summed E-state index contributed by atoms with van der Waals surface area (Å²) in [4.78, 5) is 11.9. The zero-order valence-corrected chi connectivity index (χ0v) is 11.0. The molecule has 1 aromatic rings. The minimum Gasteiger partial charge on any atom is -0.507 e. The standard InChI is InChI=1S/C15H18N2O2/c1-9-6-7-13(18)12(8-9)14-10-4-2-3-5-11(10)15(19)17-16-14/h6-8,10-11,18H,2-5H2,1H3,(H,17,19)/t10-,11-/m1/s1. The number of nitrogens with zero attached hydrogens (tertiary/aromatic N) is 1.